The monoisotopic (exact) mass is 284 g/mol. The Bertz CT molecular complexity index is 586. The van der Waals surface area contributed by atoms with Crippen molar-refractivity contribution in [2.24, 2.45) is 5.41 Å². The van der Waals surface area contributed by atoms with Crippen LogP contribution in [-0.2, 0) is 23.8 Å². The third kappa shape index (κ3) is 2.79. The van der Waals surface area contributed by atoms with Gasteiger partial charge in [0.2, 0.25) is 0 Å². The number of esters is 1. The van der Waals surface area contributed by atoms with Crippen LogP contribution in [0.2, 0.25) is 0 Å². The molecular weight excluding hydrogens is 268 g/mol. The highest BCUT2D eigenvalue weighted by Gasteiger charge is 2.47. The number of ether oxygens (including phenoxy) is 1. The minimum Gasteiger partial charge on any atom is -0.463 e. The third-order valence-corrected chi connectivity index (χ3v) is 4.34. The molecule has 0 aliphatic carbocycles. The second-order valence-corrected chi connectivity index (χ2v) is 6.91. The van der Waals surface area contributed by atoms with Crippen molar-refractivity contribution >= 4 is 16.1 Å². The molecule has 2 rings (SSSR count). The zero-order valence-corrected chi connectivity index (χ0v) is 11.9. The Balaban J connectivity index is 2.27. The standard InChI is InChI=1S/C13H16O5S/c1-9-4-6-10(7-5-9)19(15,16)18-11-12(14)17-8-13(11,2)3/h4-7,11H,8H2,1-3H3. The summed E-state index contributed by atoms with van der Waals surface area (Å²) in [6.07, 6.45) is -1.10. The summed E-state index contributed by atoms with van der Waals surface area (Å²) in [5.74, 6) is -0.638. The Morgan fingerprint density at radius 2 is 1.84 bits per heavy atom. The van der Waals surface area contributed by atoms with Crippen LogP contribution in [0.25, 0.3) is 0 Å². The number of cyclic esters (lactones) is 1. The van der Waals surface area contributed by atoms with Crippen LogP contribution in [-0.4, -0.2) is 27.1 Å². The van der Waals surface area contributed by atoms with Crippen molar-refractivity contribution in [1.82, 2.24) is 0 Å². The van der Waals surface area contributed by atoms with Gasteiger partial charge in [-0.25, -0.2) is 4.79 Å². The molecular formula is C13H16O5S. The Morgan fingerprint density at radius 1 is 1.26 bits per heavy atom. The molecule has 0 N–H and O–H groups in total. The van der Waals surface area contributed by atoms with Crippen LogP contribution in [0.15, 0.2) is 29.2 Å². The van der Waals surface area contributed by atoms with E-state index < -0.39 is 27.6 Å². The second-order valence-electron chi connectivity index (χ2n) is 5.34. The van der Waals surface area contributed by atoms with Crippen LogP contribution in [0, 0.1) is 12.3 Å². The Kier molecular flexibility index (Phi) is 3.40. The lowest BCUT2D eigenvalue weighted by Crippen LogP contribution is -2.34. The van der Waals surface area contributed by atoms with E-state index in [1.807, 2.05) is 6.92 Å². The van der Waals surface area contributed by atoms with Crippen LogP contribution in [0.1, 0.15) is 19.4 Å². The van der Waals surface area contributed by atoms with Gasteiger partial charge >= 0.3 is 5.97 Å². The van der Waals surface area contributed by atoms with Gasteiger partial charge in [-0.3, -0.25) is 4.18 Å². The summed E-state index contributed by atoms with van der Waals surface area (Å²) in [6.45, 7) is 5.47. The van der Waals surface area contributed by atoms with Gasteiger partial charge in [-0.05, 0) is 19.1 Å². The molecule has 0 amide bonds. The molecule has 0 aromatic heterocycles. The van der Waals surface area contributed by atoms with Gasteiger partial charge in [0, 0.05) is 5.41 Å². The van der Waals surface area contributed by atoms with Gasteiger partial charge < -0.3 is 4.74 Å². The van der Waals surface area contributed by atoms with Crippen LogP contribution in [0.4, 0.5) is 0 Å². The summed E-state index contributed by atoms with van der Waals surface area (Å²) in [6, 6.07) is 6.26. The Hall–Kier alpha value is -1.40. The molecule has 1 aliphatic rings. The number of hydrogen-bond donors (Lipinski definition) is 0. The Morgan fingerprint density at radius 3 is 2.32 bits per heavy atom. The lowest BCUT2D eigenvalue weighted by Gasteiger charge is -2.21. The van der Waals surface area contributed by atoms with Crippen molar-refractivity contribution in [2.45, 2.75) is 31.8 Å². The molecule has 0 radical (unpaired) electrons. The molecule has 1 aliphatic heterocycles. The van der Waals surface area contributed by atoms with E-state index in [1.54, 1.807) is 26.0 Å². The molecule has 5 nitrogen and oxygen atoms in total. The number of benzene rings is 1. The molecule has 104 valence electrons. The fourth-order valence-corrected chi connectivity index (χ4v) is 2.96. The van der Waals surface area contributed by atoms with Crippen molar-refractivity contribution in [3.63, 3.8) is 0 Å². The van der Waals surface area contributed by atoms with Crippen molar-refractivity contribution < 1.29 is 22.1 Å². The normalized spacial score (nSPS) is 22.3. The number of carbonyl (C=O) groups is 1. The van der Waals surface area contributed by atoms with E-state index in [-0.39, 0.29) is 11.5 Å². The molecule has 1 unspecified atom stereocenters. The molecule has 1 saturated heterocycles. The van der Waals surface area contributed by atoms with Gasteiger partial charge in [0.15, 0.2) is 6.10 Å². The molecule has 1 fully saturated rings. The first-order chi connectivity index (χ1) is 8.72. The van der Waals surface area contributed by atoms with Crippen LogP contribution in [0.5, 0.6) is 0 Å². The van der Waals surface area contributed by atoms with Gasteiger partial charge in [-0.15, -0.1) is 0 Å². The molecule has 0 saturated carbocycles. The highest BCUT2D eigenvalue weighted by molar-refractivity contribution is 7.86. The van der Waals surface area contributed by atoms with E-state index in [2.05, 4.69) is 0 Å². The minimum absolute atomic E-state index is 0.0357. The zero-order valence-electron chi connectivity index (χ0n) is 11.0. The van der Waals surface area contributed by atoms with Crippen molar-refractivity contribution in [2.75, 3.05) is 6.61 Å². The molecule has 1 aromatic rings. The van der Waals surface area contributed by atoms with Crippen LogP contribution in [0.3, 0.4) is 0 Å². The first kappa shape index (κ1) is 14.0. The lowest BCUT2D eigenvalue weighted by molar-refractivity contribution is -0.143. The van der Waals surface area contributed by atoms with Gasteiger partial charge in [0.1, 0.15) is 0 Å². The number of carbonyl (C=O) groups excluding carboxylic acids is 1. The third-order valence-electron chi connectivity index (χ3n) is 3.04. The van der Waals surface area contributed by atoms with Gasteiger partial charge in [0.25, 0.3) is 10.1 Å². The molecule has 1 atom stereocenters. The average molecular weight is 284 g/mol. The summed E-state index contributed by atoms with van der Waals surface area (Å²) >= 11 is 0. The molecule has 6 heteroatoms. The van der Waals surface area contributed by atoms with Crippen molar-refractivity contribution in [1.29, 1.82) is 0 Å². The lowest BCUT2D eigenvalue weighted by atomic mass is 9.90. The number of aryl methyl sites for hydroxylation is 1. The quantitative estimate of drug-likeness (QED) is 0.623. The summed E-state index contributed by atoms with van der Waals surface area (Å²) in [5, 5.41) is 0. The first-order valence-electron chi connectivity index (χ1n) is 5.89. The van der Waals surface area contributed by atoms with Crippen molar-refractivity contribution in [3.05, 3.63) is 29.8 Å². The van der Waals surface area contributed by atoms with Gasteiger partial charge in [-0.1, -0.05) is 31.5 Å². The predicted octanol–water partition coefficient (Wildman–Crippen LogP) is 1.65. The smallest absolute Gasteiger partial charge is 0.337 e. The Labute approximate surface area is 112 Å². The van der Waals surface area contributed by atoms with Gasteiger partial charge in [0.05, 0.1) is 11.5 Å². The highest BCUT2D eigenvalue weighted by Crippen LogP contribution is 2.33. The van der Waals surface area contributed by atoms with E-state index in [9.17, 15) is 13.2 Å². The maximum atomic E-state index is 12.1. The summed E-state index contributed by atoms with van der Waals surface area (Å²) in [5.41, 5.74) is 0.286. The summed E-state index contributed by atoms with van der Waals surface area (Å²) in [4.78, 5) is 11.6. The van der Waals surface area contributed by atoms with E-state index >= 15 is 0 Å². The number of hydrogen-bond acceptors (Lipinski definition) is 5. The molecule has 0 spiro atoms. The topological polar surface area (TPSA) is 69.7 Å². The van der Waals surface area contributed by atoms with Crippen LogP contribution >= 0.6 is 0 Å². The fraction of sp³-hybridized carbons (Fsp3) is 0.462. The minimum atomic E-state index is -3.97. The zero-order chi connectivity index (χ0) is 14.3. The largest absolute Gasteiger partial charge is 0.463 e. The van der Waals surface area contributed by atoms with E-state index in [0.29, 0.717) is 0 Å². The van der Waals surface area contributed by atoms with Crippen molar-refractivity contribution in [3.8, 4) is 0 Å². The molecule has 19 heavy (non-hydrogen) atoms. The van der Waals surface area contributed by atoms with Crippen LogP contribution < -0.4 is 0 Å². The van der Waals surface area contributed by atoms with E-state index in [0.717, 1.165) is 5.56 Å². The molecule has 0 bridgehead atoms. The van der Waals surface area contributed by atoms with Gasteiger partial charge in [-0.2, -0.15) is 8.42 Å². The summed E-state index contributed by atoms with van der Waals surface area (Å²) in [7, 11) is -3.97. The average Bonchev–Trinajstić information content (AvgIpc) is 2.56. The molecule has 1 aromatic carbocycles. The summed E-state index contributed by atoms with van der Waals surface area (Å²) < 4.78 is 34.1. The fourth-order valence-electron chi connectivity index (χ4n) is 1.78. The maximum absolute atomic E-state index is 12.1. The second kappa shape index (κ2) is 4.61. The molecule has 1 heterocycles. The first-order valence-corrected chi connectivity index (χ1v) is 7.30. The SMILES string of the molecule is Cc1ccc(S(=O)(=O)OC2C(=O)OCC2(C)C)cc1. The maximum Gasteiger partial charge on any atom is 0.337 e. The number of rotatable bonds is 3. The highest BCUT2D eigenvalue weighted by atomic mass is 32.2. The van der Waals surface area contributed by atoms with E-state index in [4.69, 9.17) is 8.92 Å². The predicted molar refractivity (Wildman–Crippen MR) is 68.0 cm³/mol. The van der Waals surface area contributed by atoms with E-state index in [1.165, 1.54) is 12.1 Å².